The van der Waals surface area contributed by atoms with Gasteiger partial charge in [0.1, 0.15) is 0 Å². The smallest absolute Gasteiger partial charge is 0.230 e. The van der Waals surface area contributed by atoms with E-state index in [0.29, 0.717) is 5.92 Å². The second kappa shape index (κ2) is 9.75. The number of benzene rings is 1. The molecule has 0 aliphatic heterocycles. The molecule has 0 aliphatic carbocycles. The van der Waals surface area contributed by atoms with Crippen LogP contribution in [0.1, 0.15) is 33.1 Å². The zero-order valence-electron chi connectivity index (χ0n) is 12.8. The second-order valence-corrected chi connectivity index (χ2v) is 5.36. The topological polar surface area (TPSA) is 55.2 Å². The molecule has 1 unspecified atom stereocenters. The highest BCUT2D eigenvalue weighted by molar-refractivity contribution is 5.43. The average molecular weight is 288 g/mol. The molecule has 21 heavy (non-hydrogen) atoms. The molecule has 0 aromatic heterocycles. The van der Waals surface area contributed by atoms with Crippen molar-refractivity contribution in [2.75, 3.05) is 11.9 Å². The summed E-state index contributed by atoms with van der Waals surface area (Å²) < 4.78 is 0. The number of para-hydroxylation sites is 1. The van der Waals surface area contributed by atoms with Crippen molar-refractivity contribution in [1.29, 1.82) is 0 Å². The van der Waals surface area contributed by atoms with Gasteiger partial charge in [-0.25, -0.2) is 0 Å². The van der Waals surface area contributed by atoms with Crippen molar-refractivity contribution in [2.45, 2.75) is 33.1 Å². The lowest BCUT2D eigenvalue weighted by atomic mass is 10.0. The number of anilines is 1. The molecule has 1 aromatic rings. The number of allylic oxidation sites excluding steroid dienone is 2. The largest absolute Gasteiger partial charge is 0.381 e. The van der Waals surface area contributed by atoms with Crippen LogP contribution in [0.25, 0.3) is 0 Å². The molecule has 0 heterocycles. The van der Waals surface area contributed by atoms with Crippen LogP contribution in [0.3, 0.4) is 0 Å². The third kappa shape index (κ3) is 8.63. The van der Waals surface area contributed by atoms with Crippen molar-refractivity contribution < 1.29 is 4.92 Å². The van der Waals surface area contributed by atoms with Crippen molar-refractivity contribution in [3.63, 3.8) is 0 Å². The molecule has 0 spiro atoms. The maximum Gasteiger partial charge on any atom is 0.230 e. The summed E-state index contributed by atoms with van der Waals surface area (Å²) in [4.78, 5) is 9.76. The van der Waals surface area contributed by atoms with Crippen LogP contribution in [0.15, 0.2) is 54.3 Å². The minimum absolute atomic E-state index is 0.411. The van der Waals surface area contributed by atoms with Gasteiger partial charge in [0.25, 0.3) is 0 Å². The predicted molar refractivity (Wildman–Crippen MR) is 87.8 cm³/mol. The molecule has 0 aliphatic rings. The molecular weight excluding hydrogens is 264 g/mol. The van der Waals surface area contributed by atoms with Gasteiger partial charge in [-0.15, -0.1) is 0 Å². The molecule has 114 valence electrons. The normalized spacial score (nSPS) is 13.3. The Balaban J connectivity index is 2.21. The Hall–Kier alpha value is -2.10. The van der Waals surface area contributed by atoms with Gasteiger partial charge in [0, 0.05) is 12.2 Å². The molecule has 4 nitrogen and oxygen atoms in total. The Morgan fingerprint density at radius 2 is 2.10 bits per heavy atom. The molecule has 0 saturated carbocycles. The van der Waals surface area contributed by atoms with Crippen molar-refractivity contribution in [3.8, 4) is 0 Å². The fourth-order valence-electron chi connectivity index (χ4n) is 1.98. The molecule has 0 fully saturated rings. The standard InChI is InChI=1S/C17H24N2O2/c1-15(10-7-13-19(20)21)8-6-9-16(2)14-18-17-11-4-3-5-12-17/h3-5,7,9,11-13,15,18H,6,8,10,14H2,1-2H3/b13-7+,16-9+. The van der Waals surface area contributed by atoms with Crippen molar-refractivity contribution in [2.24, 2.45) is 5.92 Å². The Morgan fingerprint density at radius 1 is 1.38 bits per heavy atom. The van der Waals surface area contributed by atoms with Gasteiger partial charge >= 0.3 is 0 Å². The van der Waals surface area contributed by atoms with Gasteiger partial charge in [-0.3, -0.25) is 10.1 Å². The second-order valence-electron chi connectivity index (χ2n) is 5.36. The van der Waals surface area contributed by atoms with Crippen LogP contribution >= 0.6 is 0 Å². The summed E-state index contributed by atoms with van der Waals surface area (Å²) in [5.41, 5.74) is 2.44. The SMILES string of the molecule is C/C(=C\CCC(C)C/C=C/[N+](=O)[O-])CNc1ccccc1. The Bertz CT molecular complexity index is 481. The molecule has 1 rings (SSSR count). The summed E-state index contributed by atoms with van der Waals surface area (Å²) in [5.74, 6) is 0.465. The number of nitrogens with one attached hydrogen (secondary N) is 1. The minimum atomic E-state index is -0.411. The quantitative estimate of drug-likeness (QED) is 0.409. The first-order chi connectivity index (χ1) is 10.1. The number of nitro groups is 1. The Labute approximate surface area is 126 Å². The number of rotatable bonds is 9. The molecule has 4 heteroatoms. The lowest BCUT2D eigenvalue weighted by Crippen LogP contribution is -2.02. The van der Waals surface area contributed by atoms with Crippen molar-refractivity contribution in [3.05, 3.63) is 64.4 Å². The first-order valence-corrected chi connectivity index (χ1v) is 7.32. The molecule has 0 bridgehead atoms. The third-order valence-corrected chi connectivity index (χ3v) is 3.26. The minimum Gasteiger partial charge on any atom is -0.381 e. The molecule has 1 aromatic carbocycles. The lowest BCUT2D eigenvalue weighted by molar-refractivity contribution is -0.402. The van der Waals surface area contributed by atoms with E-state index in [9.17, 15) is 10.1 Å². The van der Waals surface area contributed by atoms with Crippen LogP contribution in [-0.4, -0.2) is 11.5 Å². The van der Waals surface area contributed by atoms with Gasteiger partial charge < -0.3 is 5.32 Å². The molecule has 0 saturated heterocycles. The van der Waals surface area contributed by atoms with E-state index in [-0.39, 0.29) is 0 Å². The van der Waals surface area contributed by atoms with Crippen molar-refractivity contribution >= 4 is 5.69 Å². The first-order valence-electron chi connectivity index (χ1n) is 7.32. The summed E-state index contributed by atoms with van der Waals surface area (Å²) in [6.45, 7) is 5.09. The summed E-state index contributed by atoms with van der Waals surface area (Å²) in [6.07, 6.45) is 7.72. The Kier molecular flexibility index (Phi) is 7.87. The predicted octanol–water partition coefficient (Wildman–Crippen LogP) is 4.64. The van der Waals surface area contributed by atoms with Crippen LogP contribution in [-0.2, 0) is 0 Å². The average Bonchev–Trinajstić information content (AvgIpc) is 2.46. The fraction of sp³-hybridized carbons (Fsp3) is 0.412. The van der Waals surface area contributed by atoms with Crippen LogP contribution in [0.2, 0.25) is 0 Å². The highest BCUT2D eigenvalue weighted by Crippen LogP contribution is 2.13. The first kappa shape index (κ1) is 17.0. The van der Waals surface area contributed by atoms with Gasteiger partial charge in [0.15, 0.2) is 0 Å². The third-order valence-electron chi connectivity index (χ3n) is 3.26. The summed E-state index contributed by atoms with van der Waals surface area (Å²) in [6, 6.07) is 10.1. The van der Waals surface area contributed by atoms with Crippen LogP contribution in [0.5, 0.6) is 0 Å². The van der Waals surface area contributed by atoms with E-state index in [4.69, 9.17) is 0 Å². The van der Waals surface area contributed by atoms with E-state index in [1.165, 1.54) is 5.57 Å². The Morgan fingerprint density at radius 3 is 2.76 bits per heavy atom. The zero-order chi connectivity index (χ0) is 15.5. The summed E-state index contributed by atoms with van der Waals surface area (Å²) in [7, 11) is 0. The van der Waals surface area contributed by atoms with Gasteiger partial charge in [-0.2, -0.15) is 0 Å². The van der Waals surface area contributed by atoms with E-state index in [1.807, 2.05) is 18.2 Å². The van der Waals surface area contributed by atoms with Gasteiger partial charge in [0.2, 0.25) is 6.20 Å². The fourth-order valence-corrected chi connectivity index (χ4v) is 1.98. The van der Waals surface area contributed by atoms with Gasteiger partial charge in [0.05, 0.1) is 4.92 Å². The van der Waals surface area contributed by atoms with E-state index in [2.05, 4.69) is 37.4 Å². The van der Waals surface area contributed by atoms with E-state index in [1.54, 1.807) is 6.08 Å². The van der Waals surface area contributed by atoms with Gasteiger partial charge in [-0.05, 0) is 50.3 Å². The monoisotopic (exact) mass is 288 g/mol. The van der Waals surface area contributed by atoms with Gasteiger partial charge in [-0.1, -0.05) is 36.8 Å². The summed E-state index contributed by atoms with van der Waals surface area (Å²) in [5, 5.41) is 13.6. The molecule has 0 amide bonds. The number of nitrogens with zero attached hydrogens (tertiary/aromatic N) is 1. The summed E-state index contributed by atoms with van der Waals surface area (Å²) >= 11 is 0. The highest BCUT2D eigenvalue weighted by atomic mass is 16.6. The molecular formula is C17H24N2O2. The highest BCUT2D eigenvalue weighted by Gasteiger charge is 2.00. The lowest BCUT2D eigenvalue weighted by Gasteiger charge is -2.08. The van der Waals surface area contributed by atoms with E-state index in [0.717, 1.165) is 37.7 Å². The van der Waals surface area contributed by atoms with E-state index < -0.39 is 4.92 Å². The van der Waals surface area contributed by atoms with Crippen LogP contribution in [0.4, 0.5) is 5.69 Å². The molecule has 1 atom stereocenters. The maximum atomic E-state index is 10.2. The zero-order valence-corrected chi connectivity index (χ0v) is 12.8. The van der Waals surface area contributed by atoms with E-state index >= 15 is 0 Å². The molecule has 1 N–H and O–H groups in total. The number of hydrogen-bond acceptors (Lipinski definition) is 3. The van der Waals surface area contributed by atoms with Crippen LogP contribution < -0.4 is 5.32 Å². The number of hydrogen-bond donors (Lipinski definition) is 1. The van der Waals surface area contributed by atoms with Crippen molar-refractivity contribution in [1.82, 2.24) is 0 Å². The maximum absolute atomic E-state index is 10.2. The van der Waals surface area contributed by atoms with Crippen LogP contribution in [0, 0.1) is 16.0 Å². The molecule has 0 radical (unpaired) electrons.